The molecule has 2 aliphatic rings. The Hall–Kier alpha value is -3.52. The van der Waals surface area contributed by atoms with E-state index in [-0.39, 0.29) is 27.8 Å². The fourth-order valence-corrected chi connectivity index (χ4v) is 7.92. The average molecular weight is 550 g/mol. The number of nitriles is 1. The van der Waals surface area contributed by atoms with Crippen molar-refractivity contribution in [2.75, 3.05) is 18.0 Å². The third-order valence-corrected chi connectivity index (χ3v) is 10.3. The third-order valence-electron chi connectivity index (χ3n) is 7.32. The third kappa shape index (κ3) is 4.97. The number of thiophene rings is 1. The molecule has 2 heterocycles. The van der Waals surface area contributed by atoms with Crippen molar-refractivity contribution in [2.45, 2.75) is 43.0 Å². The number of sulfonamides is 1. The predicted octanol–water partition coefficient (Wildman–Crippen LogP) is 4.97. The summed E-state index contributed by atoms with van der Waals surface area (Å²) in [4.78, 5) is 28.4. The van der Waals surface area contributed by atoms with Gasteiger partial charge in [-0.15, -0.1) is 11.3 Å². The van der Waals surface area contributed by atoms with Crippen LogP contribution >= 0.6 is 11.3 Å². The van der Waals surface area contributed by atoms with Gasteiger partial charge in [0.05, 0.1) is 34.8 Å². The maximum atomic E-state index is 13.8. The van der Waals surface area contributed by atoms with Crippen LogP contribution in [-0.2, 0) is 14.8 Å². The minimum atomic E-state index is -4.05. The fourth-order valence-electron chi connectivity index (χ4n) is 5.48. The second-order valence-corrected chi connectivity index (χ2v) is 12.7. The van der Waals surface area contributed by atoms with E-state index in [0.29, 0.717) is 5.69 Å². The van der Waals surface area contributed by atoms with Gasteiger partial charge in [-0.3, -0.25) is 4.79 Å². The number of benzene rings is 2. The lowest BCUT2D eigenvalue weighted by molar-refractivity contribution is -0.121. The normalized spacial score (nSPS) is 19.3. The number of carbonyl (C=O) groups is 2. The summed E-state index contributed by atoms with van der Waals surface area (Å²) in [7, 11) is -4.05. The standard InChI is InChI=1S/C28H27N3O5S2/c29-16-19-8-7-13-22(14-19)38(35,36)30-17-24(20-9-3-1-4-10-20)31(26(32)18-30)23-15-25(37-27(23)28(33)34)21-11-5-2-6-12-21/h2,5-8,11-15,20,24H,1,3-4,9-10,17-18H2,(H,33,34). The van der Waals surface area contributed by atoms with Gasteiger partial charge in [0.1, 0.15) is 4.88 Å². The van der Waals surface area contributed by atoms with Crippen molar-refractivity contribution < 1.29 is 23.1 Å². The van der Waals surface area contributed by atoms with Crippen LogP contribution in [0.25, 0.3) is 10.4 Å². The van der Waals surface area contributed by atoms with Crippen molar-refractivity contribution in [3.63, 3.8) is 0 Å². The number of piperazine rings is 1. The van der Waals surface area contributed by atoms with Crippen LogP contribution in [0.4, 0.5) is 5.69 Å². The number of carboxylic acid groups (broad SMARTS) is 1. The molecule has 1 N–H and O–H groups in total. The first kappa shape index (κ1) is 26.1. The molecule has 1 saturated heterocycles. The van der Waals surface area contributed by atoms with E-state index in [1.165, 1.54) is 28.6 Å². The van der Waals surface area contributed by atoms with E-state index in [2.05, 4.69) is 0 Å². The molecule has 1 saturated carbocycles. The second kappa shape index (κ2) is 10.7. The molecular formula is C28H27N3O5S2. The number of hydrogen-bond acceptors (Lipinski definition) is 6. The molecule has 0 radical (unpaired) electrons. The Kier molecular flexibility index (Phi) is 7.34. The van der Waals surface area contributed by atoms with Gasteiger partial charge in [-0.2, -0.15) is 9.57 Å². The number of aromatic carboxylic acids is 1. The highest BCUT2D eigenvalue weighted by Gasteiger charge is 2.44. The Balaban J connectivity index is 1.56. The second-order valence-electron chi connectivity index (χ2n) is 9.66. The number of anilines is 1. The summed E-state index contributed by atoms with van der Waals surface area (Å²) in [6, 6.07) is 18.4. The van der Waals surface area contributed by atoms with Crippen LogP contribution in [0.5, 0.6) is 0 Å². The Morgan fingerprint density at radius 1 is 1.03 bits per heavy atom. The average Bonchev–Trinajstić information content (AvgIpc) is 3.39. The number of nitrogens with zero attached hydrogens (tertiary/aromatic N) is 3. The van der Waals surface area contributed by atoms with E-state index in [1.807, 2.05) is 36.4 Å². The van der Waals surface area contributed by atoms with Crippen molar-refractivity contribution >= 4 is 38.9 Å². The summed E-state index contributed by atoms with van der Waals surface area (Å²) in [5.74, 6) is -1.53. The van der Waals surface area contributed by atoms with Gasteiger partial charge in [-0.1, -0.05) is 55.7 Å². The summed E-state index contributed by atoms with van der Waals surface area (Å²) in [6.45, 7) is -0.344. The van der Waals surface area contributed by atoms with Crippen LogP contribution in [0.2, 0.25) is 0 Å². The molecule has 5 rings (SSSR count). The van der Waals surface area contributed by atoms with Gasteiger partial charge in [0.15, 0.2) is 0 Å². The van der Waals surface area contributed by atoms with Crippen LogP contribution < -0.4 is 4.90 Å². The molecule has 196 valence electrons. The van der Waals surface area contributed by atoms with E-state index in [1.54, 1.807) is 11.0 Å². The summed E-state index contributed by atoms with van der Waals surface area (Å²) in [5.41, 5.74) is 1.40. The number of amides is 1. The molecule has 8 nitrogen and oxygen atoms in total. The predicted molar refractivity (Wildman–Crippen MR) is 144 cm³/mol. The number of hydrogen-bond donors (Lipinski definition) is 1. The Morgan fingerprint density at radius 3 is 2.45 bits per heavy atom. The van der Waals surface area contributed by atoms with Gasteiger partial charge in [0.25, 0.3) is 0 Å². The van der Waals surface area contributed by atoms with Gasteiger partial charge < -0.3 is 10.0 Å². The van der Waals surface area contributed by atoms with Crippen LogP contribution in [0.3, 0.4) is 0 Å². The number of carbonyl (C=O) groups excluding carboxylic acids is 1. The first-order chi connectivity index (χ1) is 18.3. The SMILES string of the molecule is N#Cc1cccc(S(=O)(=O)N2CC(=O)N(c3cc(-c4ccccc4)sc3C(=O)O)C(C3CCCCC3)C2)c1. The monoisotopic (exact) mass is 549 g/mol. The lowest BCUT2D eigenvalue weighted by atomic mass is 9.82. The molecule has 0 bridgehead atoms. The van der Waals surface area contributed by atoms with Crippen molar-refractivity contribution in [2.24, 2.45) is 5.92 Å². The molecule has 2 fully saturated rings. The minimum absolute atomic E-state index is 0.0340. The van der Waals surface area contributed by atoms with Crippen LogP contribution in [-0.4, -0.2) is 48.8 Å². The number of rotatable bonds is 6. The Labute approximate surface area is 225 Å². The lowest BCUT2D eigenvalue weighted by Crippen LogP contribution is -2.60. The molecule has 1 atom stereocenters. The van der Waals surface area contributed by atoms with Crippen LogP contribution in [0.1, 0.15) is 47.3 Å². The van der Waals surface area contributed by atoms with Gasteiger partial charge in [0.2, 0.25) is 15.9 Å². The molecule has 1 aliphatic heterocycles. The first-order valence-electron chi connectivity index (χ1n) is 12.5. The quantitative estimate of drug-likeness (QED) is 0.464. The van der Waals surface area contributed by atoms with Gasteiger partial charge >= 0.3 is 5.97 Å². The number of carboxylic acids is 1. The first-order valence-corrected chi connectivity index (χ1v) is 14.8. The molecule has 0 spiro atoms. The zero-order chi connectivity index (χ0) is 26.9. The molecule has 10 heteroatoms. The zero-order valence-electron chi connectivity index (χ0n) is 20.6. The van der Waals surface area contributed by atoms with Gasteiger partial charge in [-0.05, 0) is 48.6 Å². The van der Waals surface area contributed by atoms with Crippen molar-refractivity contribution in [3.05, 3.63) is 71.1 Å². The molecule has 1 amide bonds. The molecular weight excluding hydrogens is 522 g/mol. The lowest BCUT2D eigenvalue weighted by Gasteiger charge is -2.44. The van der Waals surface area contributed by atoms with Crippen molar-refractivity contribution in [3.8, 4) is 16.5 Å². The van der Waals surface area contributed by atoms with Gasteiger partial charge in [0, 0.05) is 11.4 Å². The minimum Gasteiger partial charge on any atom is -0.477 e. The summed E-state index contributed by atoms with van der Waals surface area (Å²) < 4.78 is 28.4. The van der Waals surface area contributed by atoms with E-state index < -0.39 is 34.5 Å². The maximum Gasteiger partial charge on any atom is 0.348 e. The van der Waals surface area contributed by atoms with E-state index in [9.17, 15) is 28.4 Å². The molecule has 1 aliphatic carbocycles. The van der Waals surface area contributed by atoms with E-state index in [0.717, 1.165) is 53.9 Å². The molecule has 2 aromatic carbocycles. The summed E-state index contributed by atoms with van der Waals surface area (Å²) in [6.07, 6.45) is 4.71. The Bertz CT molecular complexity index is 1500. The maximum absolute atomic E-state index is 13.8. The highest BCUT2D eigenvalue weighted by Crippen LogP contribution is 2.42. The summed E-state index contributed by atoms with van der Waals surface area (Å²) >= 11 is 1.12. The largest absolute Gasteiger partial charge is 0.477 e. The molecule has 1 aromatic heterocycles. The van der Waals surface area contributed by atoms with Crippen molar-refractivity contribution in [1.29, 1.82) is 5.26 Å². The topological polar surface area (TPSA) is 119 Å². The molecule has 38 heavy (non-hydrogen) atoms. The smallest absolute Gasteiger partial charge is 0.348 e. The highest BCUT2D eigenvalue weighted by molar-refractivity contribution is 7.89. The summed E-state index contributed by atoms with van der Waals surface area (Å²) in [5, 5.41) is 19.3. The molecule has 1 unspecified atom stereocenters. The fraction of sp³-hybridized carbons (Fsp3) is 0.321. The van der Waals surface area contributed by atoms with Crippen molar-refractivity contribution in [1.82, 2.24) is 4.31 Å². The van der Waals surface area contributed by atoms with E-state index in [4.69, 9.17) is 0 Å². The highest BCUT2D eigenvalue weighted by atomic mass is 32.2. The van der Waals surface area contributed by atoms with Gasteiger partial charge in [-0.25, -0.2) is 13.2 Å². The molecule has 3 aromatic rings. The van der Waals surface area contributed by atoms with Crippen LogP contribution in [0.15, 0.2) is 65.6 Å². The van der Waals surface area contributed by atoms with Crippen LogP contribution in [0, 0.1) is 17.2 Å². The van der Waals surface area contributed by atoms with E-state index >= 15 is 0 Å². The Morgan fingerprint density at radius 2 is 1.76 bits per heavy atom. The zero-order valence-corrected chi connectivity index (χ0v) is 22.2.